The molecule has 1 amide bonds. The highest BCUT2D eigenvalue weighted by atomic mass is 16.2. The Bertz CT molecular complexity index is 492. The number of benzene rings is 1. The van der Waals surface area contributed by atoms with Crippen LogP contribution in [0.4, 0.5) is 0 Å². The van der Waals surface area contributed by atoms with E-state index in [9.17, 15) is 4.79 Å². The minimum absolute atomic E-state index is 0.0151. The average molecular weight is 255 g/mol. The lowest BCUT2D eigenvalue weighted by Gasteiger charge is -2.31. The molecule has 2 nitrogen and oxygen atoms in total. The second-order valence-electron chi connectivity index (χ2n) is 5.16. The molecule has 0 aromatic heterocycles. The molecule has 1 aliphatic rings. The summed E-state index contributed by atoms with van der Waals surface area (Å²) in [4.78, 5) is 13.8. The van der Waals surface area contributed by atoms with Gasteiger partial charge in [0.15, 0.2) is 0 Å². The molecule has 0 N–H and O–H groups in total. The summed E-state index contributed by atoms with van der Waals surface area (Å²) in [5.74, 6) is 6.03. The van der Waals surface area contributed by atoms with Crippen molar-refractivity contribution < 1.29 is 4.79 Å². The van der Waals surface area contributed by atoms with Crippen molar-refractivity contribution in [3.8, 4) is 11.8 Å². The van der Waals surface area contributed by atoms with E-state index in [-0.39, 0.29) is 5.91 Å². The molecule has 2 heteroatoms. The van der Waals surface area contributed by atoms with E-state index in [2.05, 4.69) is 43.0 Å². The lowest BCUT2D eigenvalue weighted by atomic mass is 9.90. The molecular weight excluding hydrogens is 234 g/mol. The number of piperidine rings is 1. The first kappa shape index (κ1) is 13.7. The standard InChI is InChI=1S/C17H21NO/c1-3-4-7-17(19)18-12-5-6-16(13-18)15-10-8-14(2)9-11-15/h8-11,16H,3,5-6,12-13H2,1-2H3/t16-/m1/s1. The highest BCUT2D eigenvalue weighted by molar-refractivity contribution is 5.93. The van der Waals surface area contributed by atoms with Gasteiger partial charge in [0.05, 0.1) is 0 Å². The van der Waals surface area contributed by atoms with E-state index < -0.39 is 0 Å². The molecule has 0 bridgehead atoms. The van der Waals surface area contributed by atoms with E-state index >= 15 is 0 Å². The fraction of sp³-hybridized carbons (Fsp3) is 0.471. The van der Waals surface area contributed by atoms with Gasteiger partial charge in [0.1, 0.15) is 0 Å². The van der Waals surface area contributed by atoms with E-state index in [0.717, 1.165) is 32.4 Å². The van der Waals surface area contributed by atoms with Crippen molar-refractivity contribution in [2.75, 3.05) is 13.1 Å². The van der Waals surface area contributed by atoms with Crippen molar-refractivity contribution in [3.05, 3.63) is 35.4 Å². The Labute approximate surface area is 115 Å². The van der Waals surface area contributed by atoms with E-state index in [1.807, 2.05) is 11.8 Å². The lowest BCUT2D eigenvalue weighted by Crippen LogP contribution is -2.38. The number of rotatable bonds is 1. The molecule has 2 rings (SSSR count). The Kier molecular flexibility index (Phi) is 4.63. The Balaban J connectivity index is 2.04. The van der Waals surface area contributed by atoms with E-state index in [1.165, 1.54) is 11.1 Å². The Hall–Kier alpha value is -1.75. The van der Waals surface area contributed by atoms with Crippen LogP contribution in [0.15, 0.2) is 24.3 Å². The minimum atomic E-state index is -0.0151. The summed E-state index contributed by atoms with van der Waals surface area (Å²) in [6, 6.07) is 8.66. The third-order valence-electron chi connectivity index (χ3n) is 3.63. The third-order valence-corrected chi connectivity index (χ3v) is 3.63. The third kappa shape index (κ3) is 3.61. The van der Waals surface area contributed by atoms with Gasteiger partial charge in [-0.2, -0.15) is 0 Å². The molecule has 1 aliphatic heterocycles. The van der Waals surface area contributed by atoms with Crippen LogP contribution in [0.25, 0.3) is 0 Å². The van der Waals surface area contributed by atoms with Crippen LogP contribution in [0.5, 0.6) is 0 Å². The maximum absolute atomic E-state index is 11.9. The van der Waals surface area contributed by atoms with Crippen LogP contribution in [0, 0.1) is 18.8 Å². The molecule has 1 heterocycles. The molecule has 1 aromatic carbocycles. The smallest absolute Gasteiger partial charge is 0.298 e. The van der Waals surface area contributed by atoms with E-state index in [0.29, 0.717) is 5.92 Å². The van der Waals surface area contributed by atoms with Crippen LogP contribution in [-0.2, 0) is 4.79 Å². The first-order chi connectivity index (χ1) is 9.20. The fourth-order valence-electron chi connectivity index (χ4n) is 2.52. The number of nitrogens with zero attached hydrogens (tertiary/aromatic N) is 1. The Morgan fingerprint density at radius 2 is 2.11 bits per heavy atom. The fourth-order valence-corrected chi connectivity index (χ4v) is 2.52. The molecule has 1 aromatic rings. The molecule has 0 radical (unpaired) electrons. The maximum Gasteiger partial charge on any atom is 0.298 e. The van der Waals surface area contributed by atoms with Gasteiger partial charge in [0, 0.05) is 25.4 Å². The van der Waals surface area contributed by atoms with Crippen LogP contribution in [0.2, 0.25) is 0 Å². The number of carbonyl (C=O) groups is 1. The largest absolute Gasteiger partial charge is 0.331 e. The normalized spacial score (nSPS) is 18.6. The van der Waals surface area contributed by atoms with Gasteiger partial charge in [0.2, 0.25) is 0 Å². The molecular formula is C17H21NO. The number of carbonyl (C=O) groups excluding carboxylic acids is 1. The monoisotopic (exact) mass is 255 g/mol. The Morgan fingerprint density at radius 1 is 1.37 bits per heavy atom. The summed E-state index contributed by atoms with van der Waals surface area (Å²) in [6.45, 7) is 5.71. The second-order valence-corrected chi connectivity index (χ2v) is 5.16. The SMILES string of the molecule is CCC#CC(=O)N1CCC[C@@H](c2ccc(C)cc2)C1. The van der Waals surface area contributed by atoms with Crippen molar-refractivity contribution in [1.82, 2.24) is 4.90 Å². The molecule has 0 unspecified atom stereocenters. The zero-order valence-corrected chi connectivity index (χ0v) is 11.8. The number of likely N-dealkylation sites (tertiary alicyclic amines) is 1. The van der Waals surface area contributed by atoms with Crippen molar-refractivity contribution in [1.29, 1.82) is 0 Å². The van der Waals surface area contributed by atoms with Gasteiger partial charge < -0.3 is 4.90 Å². The average Bonchev–Trinajstić information content (AvgIpc) is 2.45. The molecule has 100 valence electrons. The summed E-state index contributed by atoms with van der Waals surface area (Å²) in [6.07, 6.45) is 2.97. The second kappa shape index (κ2) is 6.43. The molecule has 1 saturated heterocycles. The molecule has 1 fully saturated rings. The quantitative estimate of drug-likeness (QED) is 0.706. The van der Waals surface area contributed by atoms with E-state index in [4.69, 9.17) is 0 Å². The first-order valence-electron chi connectivity index (χ1n) is 7.05. The van der Waals surface area contributed by atoms with Crippen LogP contribution in [0.3, 0.4) is 0 Å². The minimum Gasteiger partial charge on any atom is -0.331 e. The summed E-state index contributed by atoms with van der Waals surface area (Å²) in [5, 5.41) is 0. The van der Waals surface area contributed by atoms with Gasteiger partial charge in [-0.3, -0.25) is 4.79 Å². The highest BCUT2D eigenvalue weighted by Gasteiger charge is 2.23. The van der Waals surface area contributed by atoms with Gasteiger partial charge >= 0.3 is 0 Å². The van der Waals surface area contributed by atoms with Crippen molar-refractivity contribution in [3.63, 3.8) is 0 Å². The molecule has 1 atom stereocenters. The van der Waals surface area contributed by atoms with Crippen molar-refractivity contribution in [2.45, 2.75) is 39.0 Å². The number of hydrogen-bond donors (Lipinski definition) is 0. The zero-order valence-electron chi connectivity index (χ0n) is 11.8. The van der Waals surface area contributed by atoms with Crippen LogP contribution in [-0.4, -0.2) is 23.9 Å². The molecule has 0 spiro atoms. The van der Waals surface area contributed by atoms with Gasteiger partial charge in [-0.05, 0) is 31.2 Å². The topological polar surface area (TPSA) is 20.3 Å². The molecule has 19 heavy (non-hydrogen) atoms. The molecule has 0 saturated carbocycles. The van der Waals surface area contributed by atoms with Crippen molar-refractivity contribution >= 4 is 5.91 Å². The predicted octanol–water partition coefficient (Wildman–Crippen LogP) is 3.11. The van der Waals surface area contributed by atoms with Crippen LogP contribution < -0.4 is 0 Å². The predicted molar refractivity (Wildman–Crippen MR) is 77.8 cm³/mol. The lowest BCUT2D eigenvalue weighted by molar-refractivity contribution is -0.126. The first-order valence-corrected chi connectivity index (χ1v) is 7.05. The van der Waals surface area contributed by atoms with Gasteiger partial charge in [-0.25, -0.2) is 0 Å². The van der Waals surface area contributed by atoms with Crippen molar-refractivity contribution in [2.24, 2.45) is 0 Å². The van der Waals surface area contributed by atoms with E-state index in [1.54, 1.807) is 0 Å². The summed E-state index contributed by atoms with van der Waals surface area (Å²) in [5.41, 5.74) is 2.62. The number of aryl methyl sites for hydroxylation is 1. The summed E-state index contributed by atoms with van der Waals surface area (Å²) < 4.78 is 0. The van der Waals surface area contributed by atoms with Crippen LogP contribution >= 0.6 is 0 Å². The number of hydrogen-bond acceptors (Lipinski definition) is 1. The van der Waals surface area contributed by atoms with Crippen LogP contribution in [0.1, 0.15) is 43.2 Å². The highest BCUT2D eigenvalue weighted by Crippen LogP contribution is 2.27. The summed E-state index contributed by atoms with van der Waals surface area (Å²) in [7, 11) is 0. The van der Waals surface area contributed by atoms with Gasteiger partial charge in [-0.15, -0.1) is 0 Å². The van der Waals surface area contributed by atoms with Gasteiger partial charge in [-0.1, -0.05) is 42.7 Å². The number of amides is 1. The zero-order chi connectivity index (χ0) is 13.7. The summed E-state index contributed by atoms with van der Waals surface area (Å²) >= 11 is 0. The Morgan fingerprint density at radius 3 is 2.79 bits per heavy atom. The maximum atomic E-state index is 11.9. The molecule has 0 aliphatic carbocycles. The van der Waals surface area contributed by atoms with Gasteiger partial charge in [0.25, 0.3) is 5.91 Å².